The van der Waals surface area contributed by atoms with E-state index in [9.17, 15) is 4.79 Å². The molecule has 0 aliphatic heterocycles. The topological polar surface area (TPSA) is 43.1 Å². The molecule has 1 aliphatic carbocycles. The molecule has 3 heteroatoms. The third kappa shape index (κ3) is 2.78. The fourth-order valence-corrected chi connectivity index (χ4v) is 3.31. The minimum absolute atomic E-state index is 0.107. The largest absolute Gasteiger partial charge is 0.399 e. The molecule has 0 saturated carbocycles. The second kappa shape index (κ2) is 5.41. The number of fused-ring (bicyclic) bond motifs is 1. The van der Waals surface area contributed by atoms with Crippen LogP contribution in [0.15, 0.2) is 40.9 Å². The molecule has 0 radical (unpaired) electrons. The van der Waals surface area contributed by atoms with E-state index >= 15 is 0 Å². The highest BCUT2D eigenvalue weighted by Crippen LogP contribution is 2.24. The van der Waals surface area contributed by atoms with E-state index in [0.29, 0.717) is 17.7 Å². The van der Waals surface area contributed by atoms with E-state index < -0.39 is 0 Å². The maximum atomic E-state index is 12.3. The van der Waals surface area contributed by atoms with E-state index in [1.165, 1.54) is 24.0 Å². The van der Waals surface area contributed by atoms with E-state index in [4.69, 9.17) is 5.73 Å². The monoisotopic (exact) mass is 329 g/mol. The summed E-state index contributed by atoms with van der Waals surface area (Å²) in [4.78, 5) is 12.3. The number of nitrogen functional groups attached to an aromatic ring is 1. The molecule has 0 atom stereocenters. The summed E-state index contributed by atoms with van der Waals surface area (Å²) in [6.45, 7) is 0. The number of Topliss-reactive ketones (excluding diaryl/α,β-unsaturated/α-hetero) is 1. The van der Waals surface area contributed by atoms with Crippen LogP contribution in [0.2, 0.25) is 0 Å². The van der Waals surface area contributed by atoms with Crippen molar-refractivity contribution in [3.63, 3.8) is 0 Å². The number of rotatable bonds is 3. The van der Waals surface area contributed by atoms with Crippen LogP contribution < -0.4 is 5.73 Å². The molecule has 20 heavy (non-hydrogen) atoms. The van der Waals surface area contributed by atoms with Gasteiger partial charge in [-0.05, 0) is 54.2 Å². The molecule has 2 aromatic rings. The predicted octanol–water partition coefficient (Wildman–Crippen LogP) is 3.95. The van der Waals surface area contributed by atoms with Gasteiger partial charge < -0.3 is 5.73 Å². The minimum atomic E-state index is 0.107. The van der Waals surface area contributed by atoms with Gasteiger partial charge in [-0.25, -0.2) is 0 Å². The molecular weight excluding hydrogens is 314 g/mol. The zero-order chi connectivity index (χ0) is 14.1. The maximum Gasteiger partial charge on any atom is 0.167 e. The Morgan fingerprint density at radius 3 is 2.70 bits per heavy atom. The van der Waals surface area contributed by atoms with Gasteiger partial charge in [-0.15, -0.1) is 0 Å². The number of ketones is 1. The fraction of sp³-hybridized carbons (Fsp3) is 0.235. The SMILES string of the molecule is Nc1cc(Br)cc(C(=O)Cc2ccc3c(c2)CCC3)c1. The highest BCUT2D eigenvalue weighted by molar-refractivity contribution is 9.10. The van der Waals surface area contributed by atoms with E-state index in [0.717, 1.165) is 16.5 Å². The lowest BCUT2D eigenvalue weighted by Gasteiger charge is -2.06. The zero-order valence-corrected chi connectivity index (χ0v) is 12.7. The summed E-state index contributed by atoms with van der Waals surface area (Å²) in [6, 6.07) is 11.8. The molecule has 0 unspecified atom stereocenters. The number of nitrogens with two attached hydrogens (primary N) is 1. The third-order valence-electron chi connectivity index (χ3n) is 3.77. The van der Waals surface area contributed by atoms with Crippen LogP contribution in [0.25, 0.3) is 0 Å². The lowest BCUT2D eigenvalue weighted by Crippen LogP contribution is -2.05. The Labute approximate surface area is 127 Å². The fourth-order valence-electron chi connectivity index (χ4n) is 2.80. The standard InChI is InChI=1S/C17H16BrNO/c18-15-8-14(9-16(19)10-15)17(20)7-11-4-5-12-2-1-3-13(12)6-11/h4-6,8-10H,1-3,7,19H2. The van der Waals surface area contributed by atoms with Crippen LogP contribution in [-0.4, -0.2) is 5.78 Å². The molecule has 0 bridgehead atoms. The summed E-state index contributed by atoms with van der Waals surface area (Å²) in [6.07, 6.45) is 3.98. The Morgan fingerprint density at radius 1 is 1.10 bits per heavy atom. The van der Waals surface area contributed by atoms with Crippen molar-refractivity contribution < 1.29 is 4.79 Å². The highest BCUT2D eigenvalue weighted by Gasteiger charge is 2.13. The van der Waals surface area contributed by atoms with Crippen LogP contribution in [0.4, 0.5) is 5.69 Å². The molecule has 2 N–H and O–H groups in total. The first-order chi connectivity index (χ1) is 9.61. The van der Waals surface area contributed by atoms with Gasteiger partial charge in [0.1, 0.15) is 0 Å². The van der Waals surface area contributed by atoms with Crippen molar-refractivity contribution in [2.75, 3.05) is 5.73 Å². The van der Waals surface area contributed by atoms with Crippen molar-refractivity contribution in [3.05, 3.63) is 63.1 Å². The molecule has 2 nitrogen and oxygen atoms in total. The Hall–Kier alpha value is -1.61. The molecular formula is C17H16BrNO. The van der Waals surface area contributed by atoms with Crippen molar-refractivity contribution in [1.82, 2.24) is 0 Å². The third-order valence-corrected chi connectivity index (χ3v) is 4.23. The van der Waals surface area contributed by atoms with Crippen molar-refractivity contribution >= 4 is 27.4 Å². The van der Waals surface area contributed by atoms with E-state index in [1.807, 2.05) is 6.07 Å². The van der Waals surface area contributed by atoms with Gasteiger partial charge in [0.05, 0.1) is 0 Å². The zero-order valence-electron chi connectivity index (χ0n) is 11.2. The van der Waals surface area contributed by atoms with Gasteiger partial charge in [-0.1, -0.05) is 34.1 Å². The predicted molar refractivity (Wildman–Crippen MR) is 85.1 cm³/mol. The van der Waals surface area contributed by atoms with Crippen molar-refractivity contribution in [2.24, 2.45) is 0 Å². The van der Waals surface area contributed by atoms with Crippen molar-refractivity contribution in [2.45, 2.75) is 25.7 Å². The van der Waals surface area contributed by atoms with E-state index in [-0.39, 0.29) is 5.78 Å². The van der Waals surface area contributed by atoms with Crippen LogP contribution in [-0.2, 0) is 19.3 Å². The van der Waals surface area contributed by atoms with Gasteiger partial charge in [-0.2, -0.15) is 0 Å². The van der Waals surface area contributed by atoms with Crippen LogP contribution in [0.3, 0.4) is 0 Å². The molecule has 1 aliphatic rings. The maximum absolute atomic E-state index is 12.3. The van der Waals surface area contributed by atoms with Gasteiger partial charge >= 0.3 is 0 Å². The lowest BCUT2D eigenvalue weighted by atomic mass is 9.99. The first-order valence-electron chi connectivity index (χ1n) is 6.82. The number of aryl methyl sites for hydroxylation is 2. The van der Waals surface area contributed by atoms with Crippen LogP contribution in [0.5, 0.6) is 0 Å². The first kappa shape index (κ1) is 13.4. The number of hydrogen-bond acceptors (Lipinski definition) is 2. The molecule has 0 aromatic heterocycles. The molecule has 2 aromatic carbocycles. The van der Waals surface area contributed by atoms with Crippen LogP contribution >= 0.6 is 15.9 Å². The second-order valence-corrected chi connectivity index (χ2v) is 6.25. The molecule has 0 fully saturated rings. The lowest BCUT2D eigenvalue weighted by molar-refractivity contribution is 0.0993. The number of halogens is 1. The van der Waals surface area contributed by atoms with Gasteiger partial charge in [0.2, 0.25) is 0 Å². The van der Waals surface area contributed by atoms with Gasteiger partial charge in [0.25, 0.3) is 0 Å². The summed E-state index contributed by atoms with van der Waals surface area (Å²) < 4.78 is 0.842. The average molecular weight is 330 g/mol. The Morgan fingerprint density at radius 2 is 1.90 bits per heavy atom. The van der Waals surface area contributed by atoms with E-state index in [2.05, 4.69) is 34.1 Å². The first-order valence-corrected chi connectivity index (χ1v) is 7.61. The van der Waals surface area contributed by atoms with Gasteiger partial charge in [0, 0.05) is 22.1 Å². The Balaban J connectivity index is 1.82. The van der Waals surface area contributed by atoms with Crippen LogP contribution in [0, 0.1) is 0 Å². The average Bonchev–Trinajstić information content (AvgIpc) is 2.85. The Bertz CT molecular complexity index is 658. The Kier molecular flexibility index (Phi) is 3.62. The van der Waals surface area contributed by atoms with Gasteiger partial charge in [0.15, 0.2) is 5.78 Å². The number of carbonyl (C=O) groups is 1. The number of carbonyl (C=O) groups excluding carboxylic acids is 1. The number of benzene rings is 2. The van der Waals surface area contributed by atoms with E-state index in [1.54, 1.807) is 12.1 Å². The van der Waals surface area contributed by atoms with Crippen molar-refractivity contribution in [3.8, 4) is 0 Å². The summed E-state index contributed by atoms with van der Waals surface area (Å²) in [7, 11) is 0. The molecule has 3 rings (SSSR count). The summed E-state index contributed by atoms with van der Waals surface area (Å²) in [5.41, 5.74) is 11.0. The quantitative estimate of drug-likeness (QED) is 0.684. The molecule has 0 spiro atoms. The van der Waals surface area contributed by atoms with Gasteiger partial charge in [-0.3, -0.25) is 4.79 Å². The highest BCUT2D eigenvalue weighted by atomic mass is 79.9. The molecule has 0 saturated heterocycles. The minimum Gasteiger partial charge on any atom is -0.399 e. The normalized spacial score (nSPS) is 13.2. The summed E-state index contributed by atoms with van der Waals surface area (Å²) in [5, 5.41) is 0. The molecule has 0 heterocycles. The summed E-state index contributed by atoms with van der Waals surface area (Å²) in [5.74, 6) is 0.107. The smallest absolute Gasteiger partial charge is 0.167 e. The molecule has 102 valence electrons. The summed E-state index contributed by atoms with van der Waals surface area (Å²) >= 11 is 3.38. The second-order valence-electron chi connectivity index (χ2n) is 5.33. The van der Waals surface area contributed by atoms with Crippen LogP contribution in [0.1, 0.15) is 33.5 Å². The number of anilines is 1. The van der Waals surface area contributed by atoms with Crippen molar-refractivity contribution in [1.29, 1.82) is 0 Å². The molecule has 0 amide bonds. The number of hydrogen-bond donors (Lipinski definition) is 1.